The Balaban J connectivity index is 1.38. The van der Waals surface area contributed by atoms with Crippen molar-refractivity contribution in [1.82, 2.24) is 9.62 Å². The minimum absolute atomic E-state index is 0.0533. The molecule has 1 N–H and O–H groups in total. The summed E-state index contributed by atoms with van der Waals surface area (Å²) in [4.78, 5) is 13.2. The van der Waals surface area contributed by atoms with E-state index in [9.17, 15) is 13.2 Å². The summed E-state index contributed by atoms with van der Waals surface area (Å²) in [5.74, 6) is 0.439. The van der Waals surface area contributed by atoms with E-state index in [1.165, 1.54) is 4.31 Å². The Kier molecular flexibility index (Phi) is 5.51. The van der Waals surface area contributed by atoms with Gasteiger partial charge in [0.2, 0.25) is 15.9 Å². The van der Waals surface area contributed by atoms with Gasteiger partial charge in [0.05, 0.1) is 10.9 Å². The number of nitrogens with zero attached hydrogens (tertiary/aromatic N) is 1. The molecule has 1 saturated carbocycles. The average Bonchev–Trinajstić information content (AvgIpc) is 3.58. The van der Waals surface area contributed by atoms with Gasteiger partial charge in [0.25, 0.3) is 0 Å². The summed E-state index contributed by atoms with van der Waals surface area (Å²) < 4.78 is 27.0. The van der Waals surface area contributed by atoms with Crippen LogP contribution < -0.4 is 5.32 Å². The van der Waals surface area contributed by atoms with Gasteiger partial charge in [-0.3, -0.25) is 4.79 Å². The highest BCUT2D eigenvalue weighted by atomic mass is 32.2. The lowest BCUT2D eigenvalue weighted by Gasteiger charge is -2.31. The largest absolute Gasteiger partial charge is 0.349 e. The van der Waals surface area contributed by atoms with Crippen LogP contribution in [-0.4, -0.2) is 31.7 Å². The minimum Gasteiger partial charge on any atom is -0.349 e. The zero-order chi connectivity index (χ0) is 19.6. The average molecular weight is 399 g/mol. The maximum Gasteiger partial charge on any atom is 0.243 e. The molecular formula is C22H26N2O3S. The first-order valence-electron chi connectivity index (χ1n) is 9.96. The number of nitrogens with one attached hydrogen (secondary N) is 1. The second-order valence-electron chi connectivity index (χ2n) is 7.73. The summed E-state index contributed by atoms with van der Waals surface area (Å²) in [6.45, 7) is 0.767. The van der Waals surface area contributed by atoms with E-state index in [0.29, 0.717) is 36.7 Å². The molecule has 1 amide bonds. The molecule has 0 unspecified atom stereocenters. The van der Waals surface area contributed by atoms with E-state index in [1.54, 1.807) is 30.3 Å². The second-order valence-corrected chi connectivity index (χ2v) is 9.66. The van der Waals surface area contributed by atoms with Crippen LogP contribution in [0.5, 0.6) is 0 Å². The van der Waals surface area contributed by atoms with Gasteiger partial charge >= 0.3 is 0 Å². The van der Waals surface area contributed by atoms with E-state index in [4.69, 9.17) is 0 Å². The molecule has 6 heteroatoms. The predicted molar refractivity (Wildman–Crippen MR) is 108 cm³/mol. The van der Waals surface area contributed by atoms with Gasteiger partial charge in [-0.1, -0.05) is 48.5 Å². The first-order valence-corrected chi connectivity index (χ1v) is 11.4. The Bertz CT molecular complexity index is 903. The molecule has 1 saturated heterocycles. The molecule has 2 aromatic rings. The van der Waals surface area contributed by atoms with Gasteiger partial charge in [0, 0.05) is 19.0 Å². The van der Waals surface area contributed by atoms with E-state index in [2.05, 4.69) is 17.4 Å². The van der Waals surface area contributed by atoms with Gasteiger partial charge in [-0.2, -0.15) is 4.31 Å². The summed E-state index contributed by atoms with van der Waals surface area (Å²) in [7, 11) is -3.48. The van der Waals surface area contributed by atoms with Gasteiger partial charge in [-0.05, 0) is 49.3 Å². The molecule has 148 valence electrons. The molecule has 2 aliphatic rings. The van der Waals surface area contributed by atoms with Crippen LogP contribution >= 0.6 is 0 Å². The number of sulfonamides is 1. The normalized spacial score (nSPS) is 19.9. The predicted octanol–water partition coefficient (Wildman–Crippen LogP) is 3.35. The van der Waals surface area contributed by atoms with E-state index < -0.39 is 10.0 Å². The number of hydrogen-bond acceptors (Lipinski definition) is 3. The van der Waals surface area contributed by atoms with E-state index in [0.717, 1.165) is 18.4 Å². The van der Waals surface area contributed by atoms with Crippen LogP contribution in [-0.2, 0) is 14.8 Å². The standard InChI is InChI=1S/C22H26N2O3S/c25-22(23-21(18-11-12-18)17-7-3-1-4-8-17)19-13-15-24(16-14-19)28(26,27)20-9-5-2-6-10-20/h1-10,18-19,21H,11-16H2,(H,23,25)/t21-/m0/s1. The molecule has 2 aromatic carbocycles. The molecule has 4 rings (SSSR count). The fraction of sp³-hybridized carbons (Fsp3) is 0.409. The number of piperidine rings is 1. The van der Waals surface area contributed by atoms with Gasteiger partial charge in [0.15, 0.2) is 0 Å². The highest BCUT2D eigenvalue weighted by molar-refractivity contribution is 7.89. The maximum absolute atomic E-state index is 12.9. The summed E-state index contributed by atoms with van der Waals surface area (Å²) in [6, 6.07) is 18.7. The fourth-order valence-corrected chi connectivity index (χ4v) is 5.43. The third-order valence-electron chi connectivity index (χ3n) is 5.76. The molecule has 0 spiro atoms. The quantitative estimate of drug-likeness (QED) is 0.811. The Morgan fingerprint density at radius 2 is 1.46 bits per heavy atom. The van der Waals surface area contributed by atoms with Crippen LogP contribution in [0.2, 0.25) is 0 Å². The Labute approximate surface area is 166 Å². The molecular weight excluding hydrogens is 372 g/mol. The number of hydrogen-bond donors (Lipinski definition) is 1. The van der Waals surface area contributed by atoms with Crippen LogP contribution in [0.15, 0.2) is 65.6 Å². The Morgan fingerprint density at radius 1 is 0.893 bits per heavy atom. The van der Waals surface area contributed by atoms with E-state index in [1.807, 2.05) is 18.2 Å². The first-order chi connectivity index (χ1) is 13.6. The SMILES string of the molecule is O=C(N[C@@H](c1ccccc1)C1CC1)C1CCN(S(=O)(=O)c2ccccc2)CC1. The molecule has 1 aliphatic heterocycles. The maximum atomic E-state index is 12.9. The third kappa shape index (κ3) is 4.13. The van der Waals surface area contributed by atoms with Crippen molar-refractivity contribution < 1.29 is 13.2 Å². The van der Waals surface area contributed by atoms with Crippen LogP contribution in [0.3, 0.4) is 0 Å². The zero-order valence-corrected chi connectivity index (χ0v) is 16.6. The summed E-state index contributed by atoms with van der Waals surface area (Å²) in [5.41, 5.74) is 1.16. The molecule has 0 radical (unpaired) electrons. The highest BCUT2D eigenvalue weighted by Crippen LogP contribution is 2.41. The number of amides is 1. The second kappa shape index (κ2) is 8.05. The molecule has 1 aliphatic carbocycles. The first kappa shape index (κ1) is 19.2. The lowest BCUT2D eigenvalue weighted by atomic mass is 9.95. The number of benzene rings is 2. The van der Waals surface area contributed by atoms with Crippen molar-refractivity contribution in [3.05, 3.63) is 66.2 Å². The van der Waals surface area contributed by atoms with Crippen LogP contribution in [0.25, 0.3) is 0 Å². The lowest BCUT2D eigenvalue weighted by Crippen LogP contribution is -2.43. The smallest absolute Gasteiger partial charge is 0.243 e. The lowest BCUT2D eigenvalue weighted by molar-refractivity contribution is -0.127. The number of carbonyl (C=O) groups is 1. The summed E-state index contributed by atoms with van der Waals surface area (Å²) in [5, 5.41) is 3.24. The zero-order valence-electron chi connectivity index (χ0n) is 15.8. The summed E-state index contributed by atoms with van der Waals surface area (Å²) >= 11 is 0. The number of rotatable bonds is 6. The van der Waals surface area contributed by atoms with Crippen molar-refractivity contribution in [1.29, 1.82) is 0 Å². The van der Waals surface area contributed by atoms with Crippen molar-refractivity contribution in [2.45, 2.75) is 36.6 Å². The number of carbonyl (C=O) groups excluding carboxylic acids is 1. The molecule has 0 bridgehead atoms. The van der Waals surface area contributed by atoms with Gasteiger partial charge in [0.1, 0.15) is 0 Å². The van der Waals surface area contributed by atoms with Crippen LogP contribution in [0, 0.1) is 11.8 Å². The topological polar surface area (TPSA) is 66.5 Å². The molecule has 2 fully saturated rings. The van der Waals surface area contributed by atoms with E-state index in [-0.39, 0.29) is 17.9 Å². The highest BCUT2D eigenvalue weighted by Gasteiger charge is 2.36. The molecule has 5 nitrogen and oxygen atoms in total. The van der Waals surface area contributed by atoms with Crippen LogP contribution in [0.4, 0.5) is 0 Å². The monoisotopic (exact) mass is 398 g/mol. The Hall–Kier alpha value is -2.18. The van der Waals surface area contributed by atoms with Crippen molar-refractivity contribution >= 4 is 15.9 Å². The van der Waals surface area contributed by atoms with Crippen molar-refractivity contribution in [3.8, 4) is 0 Å². The van der Waals surface area contributed by atoms with Crippen molar-refractivity contribution in [2.24, 2.45) is 11.8 Å². The van der Waals surface area contributed by atoms with Crippen LogP contribution in [0.1, 0.15) is 37.3 Å². The Morgan fingerprint density at radius 3 is 2.04 bits per heavy atom. The fourth-order valence-electron chi connectivity index (χ4n) is 3.93. The third-order valence-corrected chi connectivity index (χ3v) is 7.67. The molecule has 1 atom stereocenters. The molecule has 1 heterocycles. The van der Waals surface area contributed by atoms with Crippen molar-refractivity contribution in [3.63, 3.8) is 0 Å². The van der Waals surface area contributed by atoms with Gasteiger partial charge in [-0.15, -0.1) is 0 Å². The van der Waals surface area contributed by atoms with Gasteiger partial charge < -0.3 is 5.32 Å². The molecule has 0 aromatic heterocycles. The minimum atomic E-state index is -3.48. The van der Waals surface area contributed by atoms with E-state index >= 15 is 0 Å². The van der Waals surface area contributed by atoms with Crippen molar-refractivity contribution in [2.75, 3.05) is 13.1 Å². The molecule has 28 heavy (non-hydrogen) atoms. The van der Waals surface area contributed by atoms with Gasteiger partial charge in [-0.25, -0.2) is 8.42 Å². The summed E-state index contributed by atoms with van der Waals surface area (Å²) in [6.07, 6.45) is 3.41.